The van der Waals surface area contributed by atoms with E-state index in [2.05, 4.69) is 19.2 Å². The molecule has 2 aliphatic heterocycles. The third-order valence-electron chi connectivity index (χ3n) is 5.68. The largest absolute Gasteiger partial charge is 0.491 e. The number of ether oxygens (including phenoxy) is 2. The van der Waals surface area contributed by atoms with Crippen LogP contribution in [0.5, 0.6) is 5.75 Å². The molecule has 3 unspecified atom stereocenters. The van der Waals surface area contributed by atoms with Gasteiger partial charge in [0.05, 0.1) is 11.7 Å². The predicted octanol–water partition coefficient (Wildman–Crippen LogP) is 4.61. The van der Waals surface area contributed by atoms with Gasteiger partial charge in [-0.1, -0.05) is 31.2 Å². The molecule has 28 heavy (non-hydrogen) atoms. The van der Waals surface area contributed by atoms with Crippen LogP contribution in [0.2, 0.25) is 0 Å². The third-order valence-corrected chi connectivity index (χ3v) is 5.68. The minimum Gasteiger partial charge on any atom is -0.491 e. The molecule has 0 spiro atoms. The summed E-state index contributed by atoms with van der Waals surface area (Å²) in [7, 11) is 0. The van der Waals surface area contributed by atoms with Gasteiger partial charge in [-0.25, -0.2) is 0 Å². The lowest BCUT2D eigenvalue weighted by Crippen LogP contribution is -2.47. The minimum absolute atomic E-state index is 0.0763. The van der Waals surface area contributed by atoms with Crippen LogP contribution in [0.4, 0.5) is 5.69 Å². The van der Waals surface area contributed by atoms with Crippen LogP contribution >= 0.6 is 0 Å². The number of fused-ring (bicyclic) bond motifs is 1. The first-order valence-electron chi connectivity index (χ1n) is 10.2. The van der Waals surface area contributed by atoms with Gasteiger partial charge in [-0.15, -0.1) is 0 Å². The van der Waals surface area contributed by atoms with E-state index in [-0.39, 0.29) is 24.2 Å². The molecule has 2 heterocycles. The number of amides is 1. The predicted molar refractivity (Wildman–Crippen MR) is 110 cm³/mol. The standard InChI is InChI=1S/C23H28N2O3/c1-3-16(2)25-22(24-21-9-5-4-8-20(21)23(25)26)17-10-12-18(13-11-17)28-15-19-7-6-14-27-19/h4-5,8-13,16,19,22,24H,3,6-7,14-15H2,1-2H3. The first-order valence-corrected chi connectivity index (χ1v) is 10.2. The molecule has 0 aromatic heterocycles. The van der Waals surface area contributed by atoms with E-state index in [1.54, 1.807) is 0 Å². The lowest BCUT2D eigenvalue weighted by Gasteiger charge is -2.41. The van der Waals surface area contributed by atoms with E-state index in [0.717, 1.165) is 48.4 Å². The average Bonchev–Trinajstić information content (AvgIpc) is 3.26. The summed E-state index contributed by atoms with van der Waals surface area (Å²) in [5.74, 6) is 0.907. The first kappa shape index (κ1) is 18.8. The Morgan fingerprint density at radius 1 is 1.21 bits per heavy atom. The molecule has 1 saturated heterocycles. The van der Waals surface area contributed by atoms with E-state index in [0.29, 0.717) is 6.61 Å². The smallest absolute Gasteiger partial charge is 0.258 e. The lowest BCUT2D eigenvalue weighted by atomic mass is 10.0. The number of hydrogen-bond acceptors (Lipinski definition) is 4. The van der Waals surface area contributed by atoms with E-state index >= 15 is 0 Å². The fourth-order valence-corrected chi connectivity index (χ4v) is 3.88. The molecular weight excluding hydrogens is 352 g/mol. The Morgan fingerprint density at radius 2 is 2.00 bits per heavy atom. The Hall–Kier alpha value is -2.53. The molecule has 5 nitrogen and oxygen atoms in total. The summed E-state index contributed by atoms with van der Waals surface area (Å²) in [6, 6.07) is 15.9. The van der Waals surface area contributed by atoms with Gasteiger partial charge in [-0.05, 0) is 56.0 Å². The zero-order valence-electron chi connectivity index (χ0n) is 16.6. The van der Waals surface area contributed by atoms with Crippen molar-refractivity contribution in [3.63, 3.8) is 0 Å². The van der Waals surface area contributed by atoms with Gasteiger partial charge in [-0.2, -0.15) is 0 Å². The summed E-state index contributed by atoms with van der Waals surface area (Å²) in [6.45, 7) is 5.63. The van der Waals surface area contributed by atoms with Crippen LogP contribution < -0.4 is 10.1 Å². The number of carbonyl (C=O) groups excluding carboxylic acids is 1. The summed E-state index contributed by atoms with van der Waals surface area (Å²) in [6.07, 6.45) is 3.09. The van der Waals surface area contributed by atoms with Gasteiger partial charge in [0, 0.05) is 18.3 Å². The highest BCUT2D eigenvalue weighted by molar-refractivity contribution is 6.01. The van der Waals surface area contributed by atoms with E-state index in [1.807, 2.05) is 53.4 Å². The number of anilines is 1. The van der Waals surface area contributed by atoms with Gasteiger partial charge in [0.1, 0.15) is 18.5 Å². The fraction of sp³-hybridized carbons (Fsp3) is 0.435. The number of benzene rings is 2. The van der Waals surface area contributed by atoms with Crippen molar-refractivity contribution >= 4 is 11.6 Å². The monoisotopic (exact) mass is 380 g/mol. The SMILES string of the molecule is CCC(C)N1C(=O)c2ccccc2NC1c1ccc(OCC2CCCO2)cc1. The number of rotatable bonds is 6. The van der Waals surface area contributed by atoms with Gasteiger partial charge < -0.3 is 19.7 Å². The number of para-hydroxylation sites is 1. The lowest BCUT2D eigenvalue weighted by molar-refractivity contribution is 0.0593. The highest BCUT2D eigenvalue weighted by Crippen LogP contribution is 2.35. The number of nitrogens with one attached hydrogen (secondary N) is 1. The Morgan fingerprint density at radius 3 is 2.71 bits per heavy atom. The number of hydrogen-bond donors (Lipinski definition) is 1. The van der Waals surface area contributed by atoms with Crippen molar-refractivity contribution in [3.8, 4) is 5.75 Å². The molecule has 0 bridgehead atoms. The normalized spacial score (nSPS) is 22.5. The maximum atomic E-state index is 13.2. The zero-order chi connectivity index (χ0) is 19.5. The van der Waals surface area contributed by atoms with Gasteiger partial charge in [0.2, 0.25) is 0 Å². The summed E-state index contributed by atoms with van der Waals surface area (Å²) in [5.41, 5.74) is 2.67. The van der Waals surface area contributed by atoms with Crippen molar-refractivity contribution in [2.45, 2.75) is 51.4 Å². The Balaban J connectivity index is 1.54. The van der Waals surface area contributed by atoms with Crippen LogP contribution in [0.15, 0.2) is 48.5 Å². The van der Waals surface area contributed by atoms with Crippen molar-refractivity contribution in [1.29, 1.82) is 0 Å². The van der Waals surface area contributed by atoms with Crippen molar-refractivity contribution in [1.82, 2.24) is 4.90 Å². The van der Waals surface area contributed by atoms with Crippen molar-refractivity contribution in [3.05, 3.63) is 59.7 Å². The van der Waals surface area contributed by atoms with Crippen LogP contribution in [-0.4, -0.2) is 36.2 Å². The molecule has 1 N–H and O–H groups in total. The van der Waals surface area contributed by atoms with E-state index < -0.39 is 0 Å². The number of carbonyl (C=O) groups is 1. The maximum Gasteiger partial charge on any atom is 0.258 e. The van der Waals surface area contributed by atoms with Crippen molar-refractivity contribution in [2.75, 3.05) is 18.5 Å². The Kier molecular flexibility index (Phi) is 5.53. The van der Waals surface area contributed by atoms with Gasteiger partial charge in [0.15, 0.2) is 0 Å². The summed E-state index contributed by atoms with van der Waals surface area (Å²) in [4.78, 5) is 15.1. The molecule has 5 heteroatoms. The molecule has 1 fully saturated rings. The maximum absolute atomic E-state index is 13.2. The van der Waals surface area contributed by atoms with Crippen LogP contribution in [0.25, 0.3) is 0 Å². The number of nitrogens with zero attached hydrogens (tertiary/aromatic N) is 1. The third kappa shape index (κ3) is 3.72. The van der Waals surface area contributed by atoms with Crippen LogP contribution in [0.3, 0.4) is 0 Å². The zero-order valence-corrected chi connectivity index (χ0v) is 16.6. The van der Waals surface area contributed by atoms with Crippen LogP contribution in [0.1, 0.15) is 55.2 Å². The summed E-state index contributed by atoms with van der Waals surface area (Å²) >= 11 is 0. The molecule has 0 radical (unpaired) electrons. The molecule has 0 saturated carbocycles. The topological polar surface area (TPSA) is 50.8 Å². The van der Waals surface area contributed by atoms with Gasteiger partial charge in [0.25, 0.3) is 5.91 Å². The molecule has 2 aromatic rings. The van der Waals surface area contributed by atoms with E-state index in [4.69, 9.17) is 9.47 Å². The highest BCUT2D eigenvalue weighted by atomic mass is 16.5. The molecule has 4 rings (SSSR count). The van der Waals surface area contributed by atoms with Crippen LogP contribution in [-0.2, 0) is 4.74 Å². The van der Waals surface area contributed by atoms with Crippen LogP contribution in [0, 0.1) is 0 Å². The Bertz CT molecular complexity index is 815. The van der Waals surface area contributed by atoms with Gasteiger partial charge >= 0.3 is 0 Å². The highest BCUT2D eigenvalue weighted by Gasteiger charge is 2.35. The molecule has 3 atom stereocenters. The first-order chi connectivity index (χ1) is 13.7. The molecular formula is C23H28N2O3. The average molecular weight is 380 g/mol. The van der Waals surface area contributed by atoms with E-state index in [1.165, 1.54) is 0 Å². The summed E-state index contributed by atoms with van der Waals surface area (Å²) in [5, 5.41) is 3.55. The second kappa shape index (κ2) is 8.23. The molecule has 1 amide bonds. The van der Waals surface area contributed by atoms with Crippen molar-refractivity contribution < 1.29 is 14.3 Å². The van der Waals surface area contributed by atoms with Crippen molar-refractivity contribution in [2.24, 2.45) is 0 Å². The quantitative estimate of drug-likeness (QED) is 0.795. The summed E-state index contributed by atoms with van der Waals surface area (Å²) < 4.78 is 11.5. The minimum atomic E-state index is -0.190. The molecule has 2 aromatic carbocycles. The second-order valence-corrected chi connectivity index (χ2v) is 7.58. The molecule has 2 aliphatic rings. The Labute approximate surface area is 166 Å². The molecule has 0 aliphatic carbocycles. The fourth-order valence-electron chi connectivity index (χ4n) is 3.88. The van der Waals surface area contributed by atoms with Gasteiger partial charge in [-0.3, -0.25) is 4.79 Å². The van der Waals surface area contributed by atoms with E-state index in [9.17, 15) is 4.79 Å². The molecule has 148 valence electrons. The second-order valence-electron chi connectivity index (χ2n) is 7.58.